The van der Waals surface area contributed by atoms with Crippen LogP contribution in [0.1, 0.15) is 125 Å². The summed E-state index contributed by atoms with van der Waals surface area (Å²) in [6.07, 6.45) is 7.92. The Labute approximate surface area is 350 Å². The number of aromatic nitrogens is 4. The fourth-order valence-corrected chi connectivity index (χ4v) is 9.38. The van der Waals surface area contributed by atoms with Gasteiger partial charge in [-0.25, -0.2) is 18.6 Å². The summed E-state index contributed by atoms with van der Waals surface area (Å²) in [5.41, 5.74) is 1.88. The van der Waals surface area contributed by atoms with E-state index in [1.165, 1.54) is 19.2 Å². The summed E-state index contributed by atoms with van der Waals surface area (Å²) < 4.78 is 52.4. The van der Waals surface area contributed by atoms with E-state index in [1.54, 1.807) is 26.0 Å². The average molecular weight is 841 g/mol. The summed E-state index contributed by atoms with van der Waals surface area (Å²) in [5.74, 6) is -0.956. The van der Waals surface area contributed by atoms with Gasteiger partial charge in [-0.15, -0.1) is 0 Å². The summed E-state index contributed by atoms with van der Waals surface area (Å²) in [6.45, 7) is 9.38. The van der Waals surface area contributed by atoms with Gasteiger partial charge in [-0.05, 0) is 98.1 Å². The van der Waals surface area contributed by atoms with Crippen molar-refractivity contribution in [2.75, 3.05) is 20.3 Å². The lowest BCUT2D eigenvalue weighted by molar-refractivity contribution is -0.187. The summed E-state index contributed by atoms with van der Waals surface area (Å²) in [4.78, 5) is 39.1. The first-order valence-electron chi connectivity index (χ1n) is 19.8. The molecule has 16 heteroatoms. The monoisotopic (exact) mass is 840 g/mol. The molecule has 4 aliphatic heterocycles. The molecule has 0 aromatic carbocycles. The fourth-order valence-electron chi connectivity index (χ4n) is 9.38. The number of H-pyrrole nitrogens is 1. The number of amides is 1. The number of ether oxygens (including phenoxy) is 4. The number of methoxy groups -OCH3 is 1. The first-order valence-corrected chi connectivity index (χ1v) is 19.8. The minimum absolute atomic E-state index is 0. The van der Waals surface area contributed by atoms with Crippen LogP contribution in [-0.4, -0.2) is 84.4 Å². The van der Waals surface area contributed by atoms with Gasteiger partial charge in [0.25, 0.3) is 0 Å². The zero-order valence-corrected chi connectivity index (χ0v) is 34.0. The van der Waals surface area contributed by atoms with E-state index in [9.17, 15) is 28.6 Å². The number of alkyl carbamates (subject to hydrolysis) is 1. The Hall–Kier alpha value is -4.35. The zero-order chi connectivity index (χ0) is 41.9. The van der Waals surface area contributed by atoms with E-state index in [4.69, 9.17) is 24.7 Å². The molecule has 2 unspecified atom stereocenters. The van der Waals surface area contributed by atoms with Gasteiger partial charge in [-0.3, -0.25) is 14.8 Å². The van der Waals surface area contributed by atoms with E-state index >= 15 is 0 Å². The van der Waals surface area contributed by atoms with Gasteiger partial charge in [0, 0.05) is 41.6 Å². The Morgan fingerprint density at radius 2 is 1.37 bits per heavy atom. The fraction of sp³-hybridized carbons (Fsp3) is 0.614. The highest BCUT2D eigenvalue weighted by atomic mass is 19.1. The van der Waals surface area contributed by atoms with Crippen molar-refractivity contribution in [2.24, 2.45) is 5.73 Å². The molecule has 6 N–H and O–H groups in total. The van der Waals surface area contributed by atoms with Crippen LogP contribution >= 0.6 is 0 Å². The molecule has 1 amide bonds. The summed E-state index contributed by atoms with van der Waals surface area (Å²) >= 11 is 0. The lowest BCUT2D eigenvalue weighted by atomic mass is 9.67. The Kier molecular flexibility index (Phi) is 12.8. The number of nitrogens with zero attached hydrogens (tertiary/aromatic N) is 3. The molecule has 60 heavy (non-hydrogen) atoms. The third-order valence-corrected chi connectivity index (χ3v) is 12.3. The molecule has 2 aliphatic carbocycles. The second-order valence-electron chi connectivity index (χ2n) is 18.4. The Balaban J connectivity index is 0.000000228. The van der Waals surface area contributed by atoms with Crippen molar-refractivity contribution in [1.29, 1.82) is 0 Å². The first-order chi connectivity index (χ1) is 27.1. The second-order valence-corrected chi connectivity index (χ2v) is 18.4. The Bertz CT molecular complexity index is 2230. The number of aliphatic hydroxyl groups is 2. The summed E-state index contributed by atoms with van der Waals surface area (Å²) in [6, 6.07) is 6.18. The minimum atomic E-state index is -1.55. The van der Waals surface area contributed by atoms with Crippen molar-refractivity contribution >= 4 is 28.2 Å². The third-order valence-electron chi connectivity index (χ3n) is 12.3. The normalized spacial score (nSPS) is 27.6. The predicted octanol–water partition coefficient (Wildman–Crippen LogP) is 6.95. The third kappa shape index (κ3) is 9.42. The highest BCUT2D eigenvalue weighted by molar-refractivity contribution is 5.80. The van der Waals surface area contributed by atoms with Gasteiger partial charge in [-0.2, -0.15) is 0 Å². The predicted molar refractivity (Wildman–Crippen MR) is 224 cm³/mol. The molecular formula is C44H62F2N6O8. The van der Waals surface area contributed by atoms with Crippen molar-refractivity contribution in [3.05, 3.63) is 69.8 Å². The van der Waals surface area contributed by atoms with Crippen LogP contribution < -0.4 is 21.3 Å². The van der Waals surface area contributed by atoms with E-state index in [1.807, 2.05) is 20.8 Å². The van der Waals surface area contributed by atoms with Crippen LogP contribution in [-0.2, 0) is 25.4 Å². The number of aromatic amines is 1. The summed E-state index contributed by atoms with van der Waals surface area (Å²) in [5, 5.41) is 25.7. The van der Waals surface area contributed by atoms with Crippen LogP contribution in [0.5, 0.6) is 5.88 Å². The molecule has 4 saturated heterocycles. The number of nitrogens with two attached hydrogens (primary N) is 1. The highest BCUT2D eigenvalue weighted by Gasteiger charge is 2.54. The van der Waals surface area contributed by atoms with Gasteiger partial charge < -0.3 is 45.2 Å². The Morgan fingerprint density at radius 3 is 1.90 bits per heavy atom. The number of halogens is 2. The van der Waals surface area contributed by atoms with E-state index in [0.29, 0.717) is 55.8 Å². The second kappa shape index (κ2) is 16.5. The molecular weight excluding hydrogens is 779 g/mol. The quantitative estimate of drug-likeness (QED) is 0.122. The lowest BCUT2D eigenvalue weighted by Crippen LogP contribution is -2.64. The number of rotatable bonds is 8. The van der Waals surface area contributed by atoms with Crippen LogP contribution in [0.3, 0.4) is 0 Å². The van der Waals surface area contributed by atoms with Crippen LogP contribution in [0, 0.1) is 11.6 Å². The van der Waals surface area contributed by atoms with Gasteiger partial charge in [-0.1, -0.05) is 14.9 Å². The summed E-state index contributed by atoms with van der Waals surface area (Å²) in [7, 11) is 1.48. The Morgan fingerprint density at radius 1 is 0.833 bits per heavy atom. The number of carbonyl (C=O) groups is 1. The molecule has 4 aromatic heterocycles. The van der Waals surface area contributed by atoms with Gasteiger partial charge in [0.15, 0.2) is 0 Å². The van der Waals surface area contributed by atoms with E-state index < -0.39 is 51.3 Å². The number of nitrogens with one attached hydrogen (secondary N) is 2. The number of pyridine rings is 4. The van der Waals surface area contributed by atoms with Crippen LogP contribution in [0.4, 0.5) is 13.6 Å². The van der Waals surface area contributed by atoms with Crippen molar-refractivity contribution in [3.63, 3.8) is 0 Å². The van der Waals surface area contributed by atoms with Crippen molar-refractivity contribution in [3.8, 4) is 5.88 Å². The largest absolute Gasteiger partial charge is 0.481 e. The number of hydrogen-bond donors (Lipinski definition) is 5. The standard InChI is InChI=1S/C24H32FN3O5.C18H22FN3O3.2CH4/c1-21(2,3)33-20(29)28-23-8-10-24(11-9-23,32-14-23)13-22(4,30)18-15(25)12-26-16-6-7-17(31-5)27-19(16)18;1-16(24,9-18-6-4-17(20,5-7-18)10-25-18)14-11(19)8-21-12-2-3-13(23)22-15(12)14;;/h6-7,12,30H,8-11,13-14H2,1-5H3,(H,28,29);2-3,8,24H,4-7,9-10,20H2,1H3,(H,22,23);2*1H4. The van der Waals surface area contributed by atoms with Crippen molar-refractivity contribution in [1.82, 2.24) is 25.3 Å². The zero-order valence-electron chi connectivity index (χ0n) is 34.0. The smallest absolute Gasteiger partial charge is 0.408 e. The van der Waals surface area contributed by atoms with Crippen molar-refractivity contribution in [2.45, 2.75) is 153 Å². The molecule has 4 bridgehead atoms. The maximum Gasteiger partial charge on any atom is 0.408 e. The molecule has 330 valence electrons. The van der Waals surface area contributed by atoms with E-state index in [-0.39, 0.29) is 61.0 Å². The number of carbonyl (C=O) groups excluding carboxylic acids is 1. The van der Waals surface area contributed by atoms with Gasteiger partial charge >= 0.3 is 6.09 Å². The van der Waals surface area contributed by atoms with Gasteiger partial charge in [0.05, 0.1) is 77.2 Å². The molecule has 4 aromatic rings. The molecule has 6 fully saturated rings. The number of fused-ring (bicyclic) bond motifs is 8. The van der Waals surface area contributed by atoms with Crippen molar-refractivity contribution < 1.29 is 42.7 Å². The SMILES string of the molecule is C.C.CC(O)(CC12CCC(N)(CC1)CO2)c1c(F)cnc2ccc(=O)[nH]c12.COc1ccc2ncc(F)c(C(C)(O)CC34CCC(NC(=O)OC(C)(C)C)(CC3)CO4)c2n1. The van der Waals surface area contributed by atoms with E-state index in [0.717, 1.165) is 38.1 Å². The maximum absolute atomic E-state index is 15.0. The molecule has 8 heterocycles. The lowest BCUT2D eigenvalue weighted by Gasteiger charge is -2.54. The molecule has 0 spiro atoms. The van der Waals surface area contributed by atoms with Crippen LogP contribution in [0.25, 0.3) is 22.1 Å². The minimum Gasteiger partial charge on any atom is -0.481 e. The van der Waals surface area contributed by atoms with E-state index in [2.05, 4.69) is 25.3 Å². The molecule has 10 rings (SSSR count). The average Bonchev–Trinajstić information content (AvgIpc) is 3.14. The van der Waals surface area contributed by atoms with Crippen LogP contribution in [0.15, 0.2) is 41.5 Å². The molecule has 0 radical (unpaired) electrons. The molecule has 14 nitrogen and oxygen atoms in total. The highest BCUT2D eigenvalue weighted by Crippen LogP contribution is 2.51. The number of hydrogen-bond acceptors (Lipinski definition) is 12. The molecule has 2 saturated carbocycles. The van der Waals surface area contributed by atoms with Gasteiger partial charge in [0.2, 0.25) is 11.4 Å². The molecule has 6 aliphatic rings. The first kappa shape index (κ1) is 46.7. The maximum atomic E-state index is 15.0. The molecule has 2 atom stereocenters. The van der Waals surface area contributed by atoms with Gasteiger partial charge in [0.1, 0.15) is 22.8 Å². The van der Waals surface area contributed by atoms with Crippen LogP contribution in [0.2, 0.25) is 0 Å². The topological polar surface area (TPSA) is 204 Å².